The lowest BCUT2D eigenvalue weighted by molar-refractivity contribution is 1.65. The van der Waals surface area contributed by atoms with Crippen molar-refractivity contribution in [3.8, 4) is 55.6 Å². The summed E-state index contributed by atoms with van der Waals surface area (Å²) in [7, 11) is 0. The van der Waals surface area contributed by atoms with Crippen LogP contribution in [0.15, 0.2) is 243 Å². The van der Waals surface area contributed by atoms with Crippen LogP contribution >= 0.6 is 0 Å². The zero-order chi connectivity index (χ0) is 42.1. The maximum absolute atomic E-state index is 2.38. The van der Waals surface area contributed by atoms with Gasteiger partial charge in [-0.1, -0.05) is 194 Å². The first kappa shape index (κ1) is 36.3. The van der Waals surface area contributed by atoms with Gasteiger partial charge in [0.15, 0.2) is 0 Å². The highest BCUT2D eigenvalue weighted by Gasteiger charge is 2.17. The Morgan fingerprint density at radius 3 is 0.609 bits per heavy atom. The SMILES string of the molecule is c1ccc2cc(-c3ccc4cc(-c5ccc6cc(-c7c8ccccc8c(-c8ccc9cc(-c%10ccc%11ccccc%11c%10)ccc9c8)c8ccccc78)ccc6c5)ccc4c3)ccc2c1. The predicted octanol–water partition coefficient (Wildman–Crippen LogP) is 18.1. The van der Waals surface area contributed by atoms with Crippen LogP contribution in [0.2, 0.25) is 0 Å². The number of benzene rings is 13. The first-order valence-electron chi connectivity index (χ1n) is 22.2. The van der Waals surface area contributed by atoms with Crippen LogP contribution in [0.4, 0.5) is 0 Å². The molecule has 0 amide bonds. The van der Waals surface area contributed by atoms with Gasteiger partial charge in [0.05, 0.1) is 0 Å². The minimum Gasteiger partial charge on any atom is -0.0616 e. The van der Waals surface area contributed by atoms with Crippen molar-refractivity contribution in [1.29, 1.82) is 0 Å². The number of fused-ring (bicyclic) bond motifs is 7. The summed E-state index contributed by atoms with van der Waals surface area (Å²) in [6.07, 6.45) is 0. The van der Waals surface area contributed by atoms with Crippen molar-refractivity contribution in [2.45, 2.75) is 0 Å². The molecule has 13 aromatic carbocycles. The van der Waals surface area contributed by atoms with E-state index < -0.39 is 0 Å². The van der Waals surface area contributed by atoms with Crippen LogP contribution in [-0.2, 0) is 0 Å². The van der Waals surface area contributed by atoms with Crippen molar-refractivity contribution in [2.24, 2.45) is 0 Å². The summed E-state index contributed by atoms with van der Waals surface area (Å²) in [6, 6.07) is 90.0. The van der Waals surface area contributed by atoms with Gasteiger partial charge in [-0.2, -0.15) is 0 Å². The van der Waals surface area contributed by atoms with Gasteiger partial charge in [-0.05, 0) is 180 Å². The molecule has 296 valence electrons. The van der Waals surface area contributed by atoms with Crippen LogP contribution in [0.1, 0.15) is 0 Å². The number of hydrogen-bond acceptors (Lipinski definition) is 0. The lowest BCUT2D eigenvalue weighted by atomic mass is 9.85. The average molecular weight is 809 g/mol. The molecule has 13 rings (SSSR count). The summed E-state index contributed by atoms with van der Waals surface area (Å²) in [4.78, 5) is 0. The lowest BCUT2D eigenvalue weighted by Crippen LogP contribution is -1.91. The maximum Gasteiger partial charge on any atom is -0.00262 e. The first-order valence-corrected chi connectivity index (χ1v) is 22.2. The van der Waals surface area contributed by atoms with E-state index in [9.17, 15) is 0 Å². The zero-order valence-corrected chi connectivity index (χ0v) is 35.1. The smallest absolute Gasteiger partial charge is 0.00262 e. The molecule has 0 unspecified atom stereocenters. The van der Waals surface area contributed by atoms with Gasteiger partial charge in [-0.25, -0.2) is 0 Å². The van der Waals surface area contributed by atoms with Crippen LogP contribution in [-0.4, -0.2) is 0 Å². The van der Waals surface area contributed by atoms with Gasteiger partial charge in [0.25, 0.3) is 0 Å². The minimum absolute atomic E-state index is 1.22. The molecule has 0 nitrogen and oxygen atoms in total. The molecule has 0 atom stereocenters. The van der Waals surface area contributed by atoms with Crippen molar-refractivity contribution in [1.82, 2.24) is 0 Å². The first-order chi connectivity index (χ1) is 31.7. The van der Waals surface area contributed by atoms with Gasteiger partial charge in [0, 0.05) is 0 Å². The third-order valence-corrected chi connectivity index (χ3v) is 13.5. The van der Waals surface area contributed by atoms with E-state index in [0.717, 1.165) is 0 Å². The molecule has 0 saturated heterocycles. The maximum atomic E-state index is 2.38. The average Bonchev–Trinajstić information content (AvgIpc) is 3.36. The van der Waals surface area contributed by atoms with Crippen molar-refractivity contribution in [3.63, 3.8) is 0 Å². The third-order valence-electron chi connectivity index (χ3n) is 13.5. The Bertz CT molecular complexity index is 3960. The van der Waals surface area contributed by atoms with Gasteiger partial charge in [-0.15, -0.1) is 0 Å². The molecule has 64 heavy (non-hydrogen) atoms. The molecule has 0 heterocycles. The molecular formula is C64H40. The molecule has 0 heteroatoms. The Balaban J connectivity index is 0.854. The van der Waals surface area contributed by atoms with E-state index in [1.54, 1.807) is 0 Å². The summed E-state index contributed by atoms with van der Waals surface area (Å²) in [5, 5.41) is 17.6. The highest BCUT2D eigenvalue weighted by molar-refractivity contribution is 6.22. The van der Waals surface area contributed by atoms with Gasteiger partial charge in [0.2, 0.25) is 0 Å². The van der Waals surface area contributed by atoms with Gasteiger partial charge >= 0.3 is 0 Å². The standard InChI is InChI=1S/C64H40/c1-3-11-43-33-45(19-17-41(43)9-1)47-21-22-50-36-51(24-23-49(50)35-47)52-26-28-56-40-58(32-30-54(56)38-52)64-61-15-7-5-13-59(61)63(60-14-6-8-16-62(60)64)57-31-29-53-37-48(25-27-55(53)39-57)46-20-18-42-10-2-4-12-44(42)34-46/h1-40H. The van der Waals surface area contributed by atoms with E-state index in [4.69, 9.17) is 0 Å². The van der Waals surface area contributed by atoms with Crippen LogP contribution in [0, 0.1) is 0 Å². The van der Waals surface area contributed by atoms with Crippen LogP contribution in [0.25, 0.3) is 131 Å². The molecule has 0 spiro atoms. The Hall–Kier alpha value is -8.32. The molecule has 0 saturated carbocycles. The number of hydrogen-bond donors (Lipinski definition) is 0. The van der Waals surface area contributed by atoms with Crippen LogP contribution in [0.3, 0.4) is 0 Å². The fourth-order valence-corrected chi connectivity index (χ4v) is 10.3. The van der Waals surface area contributed by atoms with E-state index in [0.29, 0.717) is 0 Å². The second kappa shape index (κ2) is 14.7. The third kappa shape index (κ3) is 6.15. The monoisotopic (exact) mass is 808 g/mol. The van der Waals surface area contributed by atoms with Crippen molar-refractivity contribution >= 4 is 75.4 Å². The summed E-state index contributed by atoms with van der Waals surface area (Å²) in [5.74, 6) is 0. The largest absolute Gasteiger partial charge is 0.0616 e. The van der Waals surface area contributed by atoms with E-state index in [-0.39, 0.29) is 0 Å². The molecule has 0 radical (unpaired) electrons. The lowest BCUT2D eigenvalue weighted by Gasteiger charge is -2.18. The van der Waals surface area contributed by atoms with Crippen molar-refractivity contribution < 1.29 is 0 Å². The van der Waals surface area contributed by atoms with Gasteiger partial charge in [0.1, 0.15) is 0 Å². The summed E-state index contributed by atoms with van der Waals surface area (Å²) in [6.45, 7) is 0. The van der Waals surface area contributed by atoms with E-state index in [2.05, 4.69) is 243 Å². The van der Waals surface area contributed by atoms with Crippen LogP contribution in [0.5, 0.6) is 0 Å². The Kier molecular flexibility index (Phi) is 8.32. The van der Waals surface area contributed by atoms with E-state index in [1.807, 2.05) is 0 Å². The molecule has 0 aromatic heterocycles. The highest BCUT2D eigenvalue weighted by atomic mass is 14.2. The molecule has 0 fully saturated rings. The molecule has 0 aliphatic carbocycles. The second-order valence-electron chi connectivity index (χ2n) is 17.3. The molecule has 13 aromatic rings. The topological polar surface area (TPSA) is 0 Å². The Morgan fingerprint density at radius 1 is 0.141 bits per heavy atom. The van der Waals surface area contributed by atoms with Crippen molar-refractivity contribution in [2.75, 3.05) is 0 Å². The van der Waals surface area contributed by atoms with Crippen molar-refractivity contribution in [3.05, 3.63) is 243 Å². The Labute approximate surface area is 371 Å². The fraction of sp³-hybridized carbons (Fsp3) is 0. The zero-order valence-electron chi connectivity index (χ0n) is 35.1. The summed E-state index contributed by atoms with van der Waals surface area (Å²) >= 11 is 0. The molecule has 0 aliphatic rings. The fourth-order valence-electron chi connectivity index (χ4n) is 10.3. The second-order valence-corrected chi connectivity index (χ2v) is 17.3. The normalized spacial score (nSPS) is 11.8. The number of rotatable bonds is 5. The van der Waals surface area contributed by atoms with E-state index >= 15 is 0 Å². The summed E-state index contributed by atoms with van der Waals surface area (Å²) < 4.78 is 0. The van der Waals surface area contributed by atoms with E-state index in [1.165, 1.54) is 131 Å². The predicted molar refractivity (Wildman–Crippen MR) is 276 cm³/mol. The molecule has 0 bridgehead atoms. The summed E-state index contributed by atoms with van der Waals surface area (Å²) in [5.41, 5.74) is 12.4. The minimum atomic E-state index is 1.22. The Morgan fingerprint density at radius 2 is 0.328 bits per heavy atom. The molecule has 0 N–H and O–H groups in total. The quantitative estimate of drug-likeness (QED) is 0.152. The molecular weight excluding hydrogens is 769 g/mol. The van der Waals surface area contributed by atoms with Gasteiger partial charge in [-0.3, -0.25) is 0 Å². The van der Waals surface area contributed by atoms with Gasteiger partial charge < -0.3 is 0 Å². The highest BCUT2D eigenvalue weighted by Crippen LogP contribution is 2.45. The molecule has 0 aliphatic heterocycles. The van der Waals surface area contributed by atoms with Crippen LogP contribution < -0.4 is 0 Å².